The summed E-state index contributed by atoms with van der Waals surface area (Å²) in [7, 11) is 0. The van der Waals surface area contributed by atoms with E-state index in [-0.39, 0.29) is 12.0 Å². The molecule has 4 nitrogen and oxygen atoms in total. The molecular formula is C26H23ClN2O2S. The van der Waals surface area contributed by atoms with E-state index in [0.717, 1.165) is 36.1 Å². The van der Waals surface area contributed by atoms with E-state index in [1.165, 1.54) is 22.5 Å². The monoisotopic (exact) mass is 462 g/mol. The summed E-state index contributed by atoms with van der Waals surface area (Å²) in [5, 5.41) is 1.34. The van der Waals surface area contributed by atoms with Gasteiger partial charge in [-0.15, -0.1) is 0 Å². The van der Waals surface area contributed by atoms with Crippen LogP contribution in [0.4, 0.5) is 5.13 Å². The van der Waals surface area contributed by atoms with Crippen LogP contribution in [0.15, 0.2) is 72.8 Å². The zero-order chi connectivity index (χ0) is 21.9. The fourth-order valence-corrected chi connectivity index (χ4v) is 5.24. The van der Waals surface area contributed by atoms with E-state index in [1.54, 1.807) is 4.90 Å². The lowest BCUT2D eigenvalue weighted by atomic mass is 10.0. The highest BCUT2D eigenvalue weighted by molar-refractivity contribution is 7.22. The van der Waals surface area contributed by atoms with Gasteiger partial charge in [-0.1, -0.05) is 65.4 Å². The van der Waals surface area contributed by atoms with Crippen LogP contribution in [-0.4, -0.2) is 30.1 Å². The number of hydrogen-bond donors (Lipinski definition) is 0. The number of carbonyl (C=O) groups is 1. The lowest BCUT2D eigenvalue weighted by molar-refractivity contribution is 0.0917. The molecule has 3 aromatic carbocycles. The van der Waals surface area contributed by atoms with Gasteiger partial charge in [0, 0.05) is 17.2 Å². The molecule has 2 heterocycles. The third-order valence-electron chi connectivity index (χ3n) is 5.68. The van der Waals surface area contributed by atoms with Crippen molar-refractivity contribution in [3.63, 3.8) is 0 Å². The van der Waals surface area contributed by atoms with Gasteiger partial charge in [0.15, 0.2) is 5.13 Å². The van der Waals surface area contributed by atoms with Crippen LogP contribution < -0.4 is 4.90 Å². The summed E-state index contributed by atoms with van der Waals surface area (Å²) in [6.45, 7) is 1.24. The molecule has 0 aliphatic carbocycles. The highest BCUT2D eigenvalue weighted by atomic mass is 35.5. The van der Waals surface area contributed by atoms with Crippen LogP contribution in [0.5, 0.6) is 0 Å². The second-order valence-corrected chi connectivity index (χ2v) is 9.46. The highest BCUT2D eigenvalue weighted by Crippen LogP contribution is 2.32. The molecule has 1 aliphatic rings. The summed E-state index contributed by atoms with van der Waals surface area (Å²) >= 11 is 7.64. The van der Waals surface area contributed by atoms with Gasteiger partial charge < -0.3 is 4.74 Å². The van der Waals surface area contributed by atoms with Crippen molar-refractivity contribution in [2.75, 3.05) is 18.1 Å². The summed E-state index contributed by atoms with van der Waals surface area (Å²) in [5.41, 5.74) is 3.92. The van der Waals surface area contributed by atoms with Gasteiger partial charge in [-0.05, 0) is 60.7 Å². The first-order valence-electron chi connectivity index (χ1n) is 10.8. The minimum absolute atomic E-state index is 0.0342. The molecule has 32 heavy (non-hydrogen) atoms. The number of aromatic nitrogens is 1. The lowest BCUT2D eigenvalue weighted by Crippen LogP contribution is -2.37. The molecule has 1 amide bonds. The molecular weight excluding hydrogens is 440 g/mol. The zero-order valence-corrected chi connectivity index (χ0v) is 19.1. The van der Waals surface area contributed by atoms with Crippen molar-refractivity contribution in [2.24, 2.45) is 0 Å². The average molecular weight is 463 g/mol. The third-order valence-corrected chi connectivity index (χ3v) is 6.95. The van der Waals surface area contributed by atoms with E-state index in [2.05, 4.69) is 12.1 Å². The van der Waals surface area contributed by atoms with Crippen LogP contribution in [-0.2, 0) is 11.2 Å². The molecule has 0 N–H and O–H groups in total. The molecule has 6 heteroatoms. The molecule has 4 aromatic rings. The smallest absolute Gasteiger partial charge is 0.260 e. The summed E-state index contributed by atoms with van der Waals surface area (Å²) < 4.78 is 6.80. The second-order valence-electron chi connectivity index (χ2n) is 8.02. The number of nitrogens with zero attached hydrogens (tertiary/aromatic N) is 2. The second kappa shape index (κ2) is 9.41. The number of anilines is 1. The first-order chi connectivity index (χ1) is 15.7. The van der Waals surface area contributed by atoms with Gasteiger partial charge in [0.25, 0.3) is 5.91 Å². The number of fused-ring (bicyclic) bond motifs is 1. The Morgan fingerprint density at radius 2 is 1.84 bits per heavy atom. The Balaban J connectivity index is 1.41. The van der Waals surface area contributed by atoms with E-state index in [4.69, 9.17) is 21.3 Å². The normalized spacial score (nSPS) is 15.8. The zero-order valence-electron chi connectivity index (χ0n) is 17.5. The standard InChI is InChI=1S/C26H23ClN2O2S/c27-21-12-13-23-24(16-21)32-26(28-23)29(17-22-7-4-14-31-22)25(30)20-10-8-19(9-11-20)15-18-5-2-1-3-6-18/h1-3,5-6,8-13,16,22H,4,7,14-15,17H2. The van der Waals surface area contributed by atoms with Crippen molar-refractivity contribution < 1.29 is 9.53 Å². The summed E-state index contributed by atoms with van der Waals surface area (Å²) in [5.74, 6) is -0.0584. The van der Waals surface area contributed by atoms with Crippen molar-refractivity contribution in [1.82, 2.24) is 4.98 Å². The van der Waals surface area contributed by atoms with Crippen molar-refractivity contribution in [1.29, 1.82) is 0 Å². The van der Waals surface area contributed by atoms with Gasteiger partial charge >= 0.3 is 0 Å². The average Bonchev–Trinajstić information content (AvgIpc) is 3.47. The quantitative estimate of drug-likeness (QED) is 0.334. The predicted octanol–water partition coefficient (Wildman–Crippen LogP) is 6.37. The number of thiazole rings is 1. The molecule has 1 saturated heterocycles. The highest BCUT2D eigenvalue weighted by Gasteiger charge is 2.27. The number of hydrogen-bond acceptors (Lipinski definition) is 4. The van der Waals surface area contributed by atoms with Crippen LogP contribution in [0.1, 0.15) is 34.3 Å². The molecule has 5 rings (SSSR count). The number of rotatable bonds is 6. The van der Waals surface area contributed by atoms with Crippen LogP contribution in [0, 0.1) is 0 Å². The van der Waals surface area contributed by atoms with Crippen LogP contribution in [0.25, 0.3) is 10.2 Å². The Hall–Kier alpha value is -2.73. The fraction of sp³-hybridized carbons (Fsp3) is 0.231. The molecule has 0 radical (unpaired) electrons. The number of halogens is 1. The van der Waals surface area contributed by atoms with Crippen molar-refractivity contribution >= 4 is 44.2 Å². The minimum Gasteiger partial charge on any atom is -0.376 e. The number of carbonyl (C=O) groups excluding carboxylic acids is 1. The van der Waals surface area contributed by atoms with Gasteiger partial charge in [0.1, 0.15) is 0 Å². The van der Waals surface area contributed by atoms with Gasteiger partial charge in [-0.2, -0.15) is 0 Å². The van der Waals surface area contributed by atoms with E-state index in [1.807, 2.05) is 60.7 Å². The molecule has 162 valence electrons. The molecule has 0 spiro atoms. The fourth-order valence-electron chi connectivity index (χ4n) is 3.99. The first kappa shape index (κ1) is 21.1. The van der Waals surface area contributed by atoms with Gasteiger partial charge in [-0.25, -0.2) is 4.98 Å². The number of benzene rings is 3. The summed E-state index contributed by atoms with van der Waals surface area (Å²) in [6, 6.07) is 23.8. The third kappa shape index (κ3) is 4.70. The Labute approximate surface area is 196 Å². The van der Waals surface area contributed by atoms with Crippen molar-refractivity contribution in [3.05, 3.63) is 94.5 Å². The van der Waals surface area contributed by atoms with Gasteiger partial charge in [0.2, 0.25) is 0 Å². The van der Waals surface area contributed by atoms with Crippen molar-refractivity contribution in [2.45, 2.75) is 25.4 Å². The Kier molecular flexibility index (Phi) is 6.21. The van der Waals surface area contributed by atoms with E-state index >= 15 is 0 Å². The van der Waals surface area contributed by atoms with E-state index in [0.29, 0.717) is 22.3 Å². The Bertz CT molecular complexity index is 1220. The van der Waals surface area contributed by atoms with E-state index < -0.39 is 0 Å². The Morgan fingerprint density at radius 1 is 1.06 bits per heavy atom. The van der Waals surface area contributed by atoms with Crippen LogP contribution >= 0.6 is 22.9 Å². The number of ether oxygens (including phenoxy) is 1. The SMILES string of the molecule is O=C(c1ccc(Cc2ccccc2)cc1)N(CC1CCCO1)c1nc2ccc(Cl)cc2s1. The largest absolute Gasteiger partial charge is 0.376 e. The lowest BCUT2D eigenvalue weighted by Gasteiger charge is -2.23. The van der Waals surface area contributed by atoms with Gasteiger partial charge in [0.05, 0.1) is 22.9 Å². The maximum absolute atomic E-state index is 13.6. The minimum atomic E-state index is -0.0584. The molecule has 1 unspecified atom stereocenters. The van der Waals surface area contributed by atoms with Crippen LogP contribution in [0.2, 0.25) is 5.02 Å². The molecule has 1 atom stereocenters. The maximum atomic E-state index is 13.6. The number of amides is 1. The van der Waals surface area contributed by atoms with Crippen LogP contribution in [0.3, 0.4) is 0 Å². The topological polar surface area (TPSA) is 42.4 Å². The van der Waals surface area contributed by atoms with E-state index in [9.17, 15) is 4.79 Å². The summed E-state index contributed by atoms with van der Waals surface area (Å²) in [6.07, 6.45) is 2.85. The van der Waals surface area contributed by atoms with Gasteiger partial charge in [-0.3, -0.25) is 9.69 Å². The molecule has 1 fully saturated rings. The Morgan fingerprint density at radius 3 is 2.59 bits per heavy atom. The molecule has 0 bridgehead atoms. The molecule has 1 aliphatic heterocycles. The maximum Gasteiger partial charge on any atom is 0.260 e. The summed E-state index contributed by atoms with van der Waals surface area (Å²) in [4.78, 5) is 20.0. The molecule has 1 aromatic heterocycles. The first-order valence-corrected chi connectivity index (χ1v) is 12.0. The predicted molar refractivity (Wildman–Crippen MR) is 131 cm³/mol. The molecule has 0 saturated carbocycles. The van der Waals surface area contributed by atoms with Crippen molar-refractivity contribution in [3.8, 4) is 0 Å².